The number of hydrogen-bond donors (Lipinski definition) is 4. The number of carbonyl (C=O) groups excluding carboxylic acids is 2. The molecule has 2 aliphatic heterocycles. The molecular weight excluding hydrogens is 457 g/mol. The van der Waals surface area contributed by atoms with E-state index in [0.29, 0.717) is 3.58 Å². The highest BCUT2D eigenvalue weighted by Crippen LogP contribution is 2.32. The Labute approximate surface area is 165 Å². The van der Waals surface area contributed by atoms with Gasteiger partial charge in [0.2, 0.25) is 5.66 Å². The summed E-state index contributed by atoms with van der Waals surface area (Å²) in [6.45, 7) is 1.60. The van der Waals surface area contributed by atoms with Crippen LogP contribution in [0.25, 0.3) is 0 Å². The molecule has 2 heterocycles. The molecule has 0 spiro atoms. The maximum Gasteiger partial charge on any atom is 0.352 e. The van der Waals surface area contributed by atoms with Crippen molar-refractivity contribution in [3.05, 3.63) is 9.78 Å². The van der Waals surface area contributed by atoms with E-state index in [2.05, 4.69) is 5.32 Å². The molecule has 0 aromatic rings. The van der Waals surface area contributed by atoms with Gasteiger partial charge in [0.15, 0.2) is 6.23 Å². The number of esters is 1. The molecule has 2 amide bonds. The summed E-state index contributed by atoms with van der Waals surface area (Å²) in [5.74, 6) is -0.709. The third-order valence-corrected chi connectivity index (χ3v) is 6.20. The Hall–Kier alpha value is -0.950. The van der Waals surface area contributed by atoms with E-state index >= 15 is 0 Å². The van der Waals surface area contributed by atoms with Crippen LogP contribution >= 0.6 is 22.6 Å². The Balaban J connectivity index is 1.75. The van der Waals surface area contributed by atoms with Gasteiger partial charge in [-0.05, 0) is 55.2 Å². The van der Waals surface area contributed by atoms with Gasteiger partial charge in [0.05, 0.1) is 9.68 Å². The van der Waals surface area contributed by atoms with Crippen LogP contribution in [-0.2, 0) is 14.3 Å². The van der Waals surface area contributed by atoms with Crippen molar-refractivity contribution in [2.75, 3.05) is 0 Å². The number of aliphatic hydroxyl groups is 2. The number of nitrogens with one attached hydrogen (secondary N) is 1. The second-order valence-electron chi connectivity index (χ2n) is 7.00. The van der Waals surface area contributed by atoms with Crippen LogP contribution in [0.2, 0.25) is 0 Å². The smallest absolute Gasteiger partial charge is 0.352 e. The average Bonchev–Trinajstić information content (AvgIpc) is 2.86. The van der Waals surface area contributed by atoms with Crippen molar-refractivity contribution in [1.82, 2.24) is 10.2 Å². The minimum absolute atomic E-state index is 0.188. The largest absolute Gasteiger partial charge is 0.459 e. The van der Waals surface area contributed by atoms with E-state index < -0.39 is 42.2 Å². The van der Waals surface area contributed by atoms with Gasteiger partial charge in [-0.3, -0.25) is 10.6 Å². The Morgan fingerprint density at radius 2 is 2.04 bits per heavy atom. The topological polar surface area (TPSA) is 134 Å². The van der Waals surface area contributed by atoms with Crippen molar-refractivity contribution in [3.63, 3.8) is 0 Å². The van der Waals surface area contributed by atoms with Crippen molar-refractivity contribution in [1.29, 1.82) is 0 Å². The van der Waals surface area contributed by atoms with E-state index in [4.69, 9.17) is 15.2 Å². The summed E-state index contributed by atoms with van der Waals surface area (Å²) in [4.78, 5) is 26.2. The Morgan fingerprint density at radius 3 is 2.62 bits per heavy atom. The number of aliphatic hydroxyl groups excluding tert-OH is 2. The first-order chi connectivity index (χ1) is 12.2. The molecule has 146 valence electrons. The van der Waals surface area contributed by atoms with Gasteiger partial charge in [-0.2, -0.15) is 0 Å². The van der Waals surface area contributed by atoms with Gasteiger partial charge < -0.3 is 25.0 Å². The predicted octanol–water partition coefficient (Wildman–Crippen LogP) is 0.285. The van der Waals surface area contributed by atoms with Gasteiger partial charge in [-0.1, -0.05) is 6.42 Å². The maximum atomic E-state index is 12.6. The standard InChI is InChI=1S/C16H24IN3O6/c1-8-11(21)12(22)13(25-8)20-7-10(17)16(18,19-15(20)24)14(23)26-9-5-3-2-4-6-9/h7-9,11-13,21-22H,2-6,18H2,1H3,(H,19,24)/t8-,11-,12-,13-,16?/m1/s1. The molecule has 1 aliphatic carbocycles. The molecule has 1 saturated heterocycles. The number of nitrogens with two attached hydrogens (primary N) is 1. The van der Waals surface area contributed by atoms with E-state index in [9.17, 15) is 19.8 Å². The number of halogens is 1. The van der Waals surface area contributed by atoms with Gasteiger partial charge in [-0.15, -0.1) is 0 Å². The first-order valence-corrected chi connectivity index (χ1v) is 9.81. The van der Waals surface area contributed by atoms with Crippen LogP contribution in [0.1, 0.15) is 39.0 Å². The maximum absolute atomic E-state index is 12.6. The number of hydrogen-bond acceptors (Lipinski definition) is 7. The van der Waals surface area contributed by atoms with Crippen LogP contribution in [0.3, 0.4) is 0 Å². The quantitative estimate of drug-likeness (QED) is 0.336. The number of rotatable bonds is 3. The molecule has 0 bridgehead atoms. The van der Waals surface area contributed by atoms with Crippen molar-refractivity contribution in [2.45, 2.75) is 75.3 Å². The van der Waals surface area contributed by atoms with Crippen LogP contribution in [-0.4, -0.2) is 63.4 Å². The summed E-state index contributed by atoms with van der Waals surface area (Å²) in [5, 5.41) is 22.4. The molecule has 0 aromatic carbocycles. The molecule has 10 heteroatoms. The molecule has 0 aromatic heterocycles. The van der Waals surface area contributed by atoms with Gasteiger partial charge in [0, 0.05) is 6.20 Å². The fraction of sp³-hybridized carbons (Fsp3) is 0.750. The fourth-order valence-corrected chi connectivity index (χ4v) is 4.05. The van der Waals surface area contributed by atoms with Crippen LogP contribution in [0, 0.1) is 0 Å². The Morgan fingerprint density at radius 1 is 1.38 bits per heavy atom. The molecule has 5 atom stereocenters. The molecule has 9 nitrogen and oxygen atoms in total. The van der Waals surface area contributed by atoms with E-state index in [0.717, 1.165) is 37.0 Å². The fourth-order valence-electron chi connectivity index (χ4n) is 3.40. The first-order valence-electron chi connectivity index (χ1n) is 8.74. The third kappa shape index (κ3) is 3.57. The Kier molecular flexibility index (Phi) is 5.78. The minimum Gasteiger partial charge on any atom is -0.459 e. The summed E-state index contributed by atoms with van der Waals surface area (Å²) in [7, 11) is 0. The predicted molar refractivity (Wildman–Crippen MR) is 98.7 cm³/mol. The highest BCUT2D eigenvalue weighted by atomic mass is 127. The normalized spacial score (nSPS) is 38.7. The van der Waals surface area contributed by atoms with Crippen LogP contribution in [0.4, 0.5) is 4.79 Å². The summed E-state index contributed by atoms with van der Waals surface area (Å²) < 4.78 is 11.3. The van der Waals surface area contributed by atoms with E-state index in [1.807, 2.05) is 22.6 Å². The molecule has 3 aliphatic rings. The van der Waals surface area contributed by atoms with Gasteiger partial charge in [0.25, 0.3) is 0 Å². The molecule has 3 rings (SSSR count). The Bertz CT molecular complexity index is 611. The number of urea groups is 1. The zero-order valence-electron chi connectivity index (χ0n) is 14.4. The number of carbonyl (C=O) groups is 2. The van der Waals surface area contributed by atoms with Crippen molar-refractivity contribution in [3.8, 4) is 0 Å². The van der Waals surface area contributed by atoms with Crippen molar-refractivity contribution < 1.29 is 29.3 Å². The lowest BCUT2D eigenvalue weighted by Crippen LogP contribution is -2.68. The van der Waals surface area contributed by atoms with Gasteiger partial charge in [0.1, 0.15) is 18.3 Å². The van der Waals surface area contributed by atoms with E-state index in [1.54, 1.807) is 6.92 Å². The number of ether oxygens (including phenoxy) is 2. The first kappa shape index (κ1) is 19.8. The summed E-state index contributed by atoms with van der Waals surface area (Å²) in [6, 6.07) is -0.709. The van der Waals surface area contributed by atoms with Gasteiger partial charge >= 0.3 is 12.0 Å². The van der Waals surface area contributed by atoms with Crippen molar-refractivity contribution >= 4 is 34.6 Å². The zero-order chi connectivity index (χ0) is 19.1. The lowest BCUT2D eigenvalue weighted by Gasteiger charge is -2.39. The summed E-state index contributed by atoms with van der Waals surface area (Å²) in [6.07, 6.45) is 1.79. The lowest BCUT2D eigenvalue weighted by atomic mass is 9.97. The molecule has 5 N–H and O–H groups in total. The second kappa shape index (κ2) is 7.58. The minimum atomic E-state index is -1.78. The number of nitrogens with zero attached hydrogens (tertiary/aromatic N) is 1. The average molecular weight is 481 g/mol. The highest BCUT2D eigenvalue weighted by molar-refractivity contribution is 14.1. The van der Waals surface area contributed by atoms with Crippen LogP contribution in [0.15, 0.2) is 9.78 Å². The molecule has 1 unspecified atom stereocenters. The summed E-state index contributed by atoms with van der Waals surface area (Å²) in [5.41, 5.74) is 4.36. The third-order valence-electron chi connectivity index (χ3n) is 5.07. The van der Waals surface area contributed by atoms with E-state index in [1.165, 1.54) is 6.20 Å². The monoisotopic (exact) mass is 481 g/mol. The van der Waals surface area contributed by atoms with Crippen LogP contribution in [0.5, 0.6) is 0 Å². The molecule has 0 radical (unpaired) electrons. The van der Waals surface area contributed by atoms with E-state index in [-0.39, 0.29) is 6.10 Å². The number of amides is 2. The molecule has 26 heavy (non-hydrogen) atoms. The van der Waals surface area contributed by atoms with Gasteiger partial charge in [-0.25, -0.2) is 9.59 Å². The lowest BCUT2D eigenvalue weighted by molar-refractivity contribution is -0.156. The van der Waals surface area contributed by atoms with Crippen molar-refractivity contribution in [2.24, 2.45) is 5.73 Å². The molecule has 2 fully saturated rings. The van der Waals surface area contributed by atoms with Crippen LogP contribution < -0.4 is 11.1 Å². The SMILES string of the molecule is C[C@H]1O[C@@H](N2C=C(I)C(N)(C(=O)OC3CCCCC3)NC2=O)[C@H](O)[C@@H]1O. The highest BCUT2D eigenvalue weighted by Gasteiger charge is 2.51. The second-order valence-corrected chi connectivity index (χ2v) is 8.16. The summed E-state index contributed by atoms with van der Waals surface area (Å²) >= 11 is 1.85. The molecular formula is C16H24IN3O6. The molecule has 1 saturated carbocycles. The zero-order valence-corrected chi connectivity index (χ0v) is 16.6.